The van der Waals surface area contributed by atoms with Crippen molar-refractivity contribution in [2.75, 3.05) is 7.11 Å². The van der Waals surface area contributed by atoms with Gasteiger partial charge in [0, 0.05) is 12.1 Å². The molecule has 3 aromatic carbocycles. The first-order chi connectivity index (χ1) is 11.9. The van der Waals surface area contributed by atoms with Gasteiger partial charge in [-0.15, -0.1) is 0 Å². The minimum Gasteiger partial charge on any atom is -0.497 e. The molecule has 0 atom stereocenters. The van der Waals surface area contributed by atoms with E-state index in [0.29, 0.717) is 5.39 Å². The van der Waals surface area contributed by atoms with Crippen molar-refractivity contribution in [1.29, 1.82) is 0 Å². The molecule has 3 nitrogen and oxygen atoms in total. The number of esters is 1. The normalized spacial score (nSPS) is 10.8. The molecule has 0 radical (unpaired) electrons. The van der Waals surface area contributed by atoms with Crippen molar-refractivity contribution in [1.82, 2.24) is 0 Å². The van der Waals surface area contributed by atoms with Gasteiger partial charge < -0.3 is 9.47 Å². The quantitative estimate of drug-likeness (QED) is 0.393. The Labute approximate surface area is 139 Å². The summed E-state index contributed by atoms with van der Waals surface area (Å²) in [6.45, 7) is 0. The Bertz CT molecular complexity index is 962. The minimum atomic E-state index is -1.11. The molecule has 0 saturated carbocycles. The van der Waals surface area contributed by atoms with Crippen LogP contribution in [0.1, 0.15) is 10.4 Å². The molecule has 0 spiro atoms. The van der Waals surface area contributed by atoms with Gasteiger partial charge >= 0.3 is 5.97 Å². The number of methoxy groups -OCH3 is 1. The van der Waals surface area contributed by atoms with Crippen LogP contribution in [-0.4, -0.2) is 13.1 Å². The topological polar surface area (TPSA) is 35.5 Å². The smallest absolute Gasteiger partial charge is 0.343 e. The SMILES string of the molecule is COc1cc(F)c(OC(=O)c2ccc3cc(F)c(F)cc3c2)c(F)c1. The molecule has 3 rings (SSSR count). The first-order valence-corrected chi connectivity index (χ1v) is 7.03. The molecule has 0 saturated heterocycles. The van der Waals surface area contributed by atoms with Crippen LogP contribution in [-0.2, 0) is 0 Å². The van der Waals surface area contributed by atoms with Crippen LogP contribution in [0, 0.1) is 23.3 Å². The van der Waals surface area contributed by atoms with Crippen molar-refractivity contribution in [3.8, 4) is 11.5 Å². The van der Waals surface area contributed by atoms with E-state index in [1.54, 1.807) is 0 Å². The Morgan fingerprint density at radius 1 is 0.800 bits per heavy atom. The van der Waals surface area contributed by atoms with E-state index in [2.05, 4.69) is 0 Å². The van der Waals surface area contributed by atoms with E-state index in [0.717, 1.165) is 24.3 Å². The van der Waals surface area contributed by atoms with Crippen molar-refractivity contribution in [3.05, 3.63) is 71.3 Å². The Morgan fingerprint density at radius 2 is 1.40 bits per heavy atom. The van der Waals surface area contributed by atoms with Crippen LogP contribution >= 0.6 is 0 Å². The summed E-state index contributed by atoms with van der Waals surface area (Å²) in [5.74, 6) is -6.32. The summed E-state index contributed by atoms with van der Waals surface area (Å²) in [5, 5.41) is 0.598. The maximum absolute atomic E-state index is 13.8. The number of hydrogen-bond acceptors (Lipinski definition) is 3. The van der Waals surface area contributed by atoms with Gasteiger partial charge in [0.1, 0.15) is 5.75 Å². The molecule has 0 unspecified atom stereocenters. The summed E-state index contributed by atoms with van der Waals surface area (Å²) in [7, 11) is 1.23. The Hall–Kier alpha value is -3.09. The molecule has 0 aromatic heterocycles. The summed E-state index contributed by atoms with van der Waals surface area (Å²) in [6, 6.07) is 7.50. The molecule has 0 amide bonds. The van der Waals surface area contributed by atoms with E-state index in [1.165, 1.54) is 25.3 Å². The van der Waals surface area contributed by atoms with E-state index in [1.807, 2.05) is 0 Å². The van der Waals surface area contributed by atoms with E-state index in [-0.39, 0.29) is 16.7 Å². The first-order valence-electron chi connectivity index (χ1n) is 7.03. The lowest BCUT2D eigenvalue weighted by Gasteiger charge is -2.09. The second kappa shape index (κ2) is 6.43. The zero-order chi connectivity index (χ0) is 18.1. The molecule has 0 bridgehead atoms. The highest BCUT2D eigenvalue weighted by molar-refractivity contribution is 5.96. The van der Waals surface area contributed by atoms with E-state index in [4.69, 9.17) is 9.47 Å². The molecule has 0 aliphatic rings. The average molecular weight is 350 g/mol. The van der Waals surface area contributed by atoms with Crippen LogP contribution in [0.3, 0.4) is 0 Å². The second-order valence-electron chi connectivity index (χ2n) is 5.14. The van der Waals surface area contributed by atoms with Crippen molar-refractivity contribution in [3.63, 3.8) is 0 Å². The monoisotopic (exact) mass is 350 g/mol. The van der Waals surface area contributed by atoms with Crippen molar-refractivity contribution < 1.29 is 31.8 Å². The van der Waals surface area contributed by atoms with Gasteiger partial charge in [-0.05, 0) is 35.0 Å². The number of ether oxygens (including phenoxy) is 2. The van der Waals surface area contributed by atoms with Gasteiger partial charge in [-0.1, -0.05) is 6.07 Å². The zero-order valence-corrected chi connectivity index (χ0v) is 12.8. The first kappa shape index (κ1) is 16.8. The van der Waals surface area contributed by atoms with Crippen LogP contribution < -0.4 is 9.47 Å². The molecule has 7 heteroatoms. The number of benzene rings is 3. The third-order valence-electron chi connectivity index (χ3n) is 3.52. The molecular formula is C18H10F4O3. The van der Waals surface area contributed by atoms with Gasteiger partial charge in [-0.25, -0.2) is 22.4 Å². The Morgan fingerprint density at radius 3 is 2.00 bits per heavy atom. The van der Waals surface area contributed by atoms with Gasteiger partial charge in [0.2, 0.25) is 5.75 Å². The summed E-state index contributed by atoms with van der Waals surface area (Å²) in [5.41, 5.74) is -0.0758. The molecule has 0 heterocycles. The summed E-state index contributed by atoms with van der Waals surface area (Å²) < 4.78 is 63.6. The van der Waals surface area contributed by atoms with Gasteiger partial charge in [0.15, 0.2) is 23.3 Å². The Kier molecular flexibility index (Phi) is 4.31. The summed E-state index contributed by atoms with van der Waals surface area (Å²) in [4.78, 5) is 12.1. The van der Waals surface area contributed by atoms with Gasteiger partial charge in [0.05, 0.1) is 12.7 Å². The fraction of sp³-hybridized carbons (Fsp3) is 0.0556. The molecule has 3 aromatic rings. The lowest BCUT2D eigenvalue weighted by Crippen LogP contribution is -2.11. The van der Waals surface area contributed by atoms with Crippen molar-refractivity contribution >= 4 is 16.7 Å². The third kappa shape index (κ3) is 3.26. The molecule has 0 aliphatic heterocycles. The number of halogens is 4. The lowest BCUT2D eigenvalue weighted by molar-refractivity contribution is 0.0720. The molecule has 128 valence electrons. The highest BCUT2D eigenvalue weighted by atomic mass is 19.2. The van der Waals surface area contributed by atoms with Gasteiger partial charge in [-0.2, -0.15) is 0 Å². The van der Waals surface area contributed by atoms with Gasteiger partial charge in [-0.3, -0.25) is 0 Å². The predicted molar refractivity (Wildman–Crippen MR) is 81.7 cm³/mol. The highest BCUT2D eigenvalue weighted by Crippen LogP contribution is 2.28. The lowest BCUT2D eigenvalue weighted by atomic mass is 10.1. The zero-order valence-electron chi connectivity index (χ0n) is 12.8. The fourth-order valence-corrected chi connectivity index (χ4v) is 2.27. The number of rotatable bonds is 3. The average Bonchev–Trinajstić information content (AvgIpc) is 2.58. The molecule has 0 aliphatic carbocycles. The van der Waals surface area contributed by atoms with Gasteiger partial charge in [0.25, 0.3) is 0 Å². The standard InChI is InChI=1S/C18H10F4O3/c1-24-12-7-15(21)17(16(22)8-12)25-18(23)10-3-2-9-5-13(19)14(20)6-11(9)4-10/h2-8H,1H3. The number of carbonyl (C=O) groups is 1. The van der Waals surface area contributed by atoms with E-state index < -0.39 is 35.0 Å². The minimum absolute atomic E-state index is 0.0713. The van der Waals surface area contributed by atoms with Crippen LogP contribution in [0.25, 0.3) is 10.8 Å². The molecular weight excluding hydrogens is 340 g/mol. The van der Waals surface area contributed by atoms with E-state index >= 15 is 0 Å². The largest absolute Gasteiger partial charge is 0.497 e. The summed E-state index contributed by atoms with van der Waals surface area (Å²) >= 11 is 0. The molecule has 25 heavy (non-hydrogen) atoms. The van der Waals surface area contributed by atoms with E-state index in [9.17, 15) is 22.4 Å². The van der Waals surface area contributed by atoms with Crippen LogP contribution in [0.5, 0.6) is 11.5 Å². The van der Waals surface area contributed by atoms with Crippen molar-refractivity contribution in [2.24, 2.45) is 0 Å². The predicted octanol–water partition coefficient (Wildman–Crippen LogP) is 4.62. The number of carbonyl (C=O) groups excluding carboxylic acids is 1. The fourth-order valence-electron chi connectivity index (χ4n) is 2.27. The molecule has 0 fully saturated rings. The van der Waals surface area contributed by atoms with Crippen molar-refractivity contribution in [2.45, 2.75) is 0 Å². The summed E-state index contributed by atoms with van der Waals surface area (Å²) in [6.07, 6.45) is 0. The van der Waals surface area contributed by atoms with Crippen LogP contribution in [0.15, 0.2) is 42.5 Å². The highest BCUT2D eigenvalue weighted by Gasteiger charge is 2.18. The van der Waals surface area contributed by atoms with Crippen LogP contribution in [0.2, 0.25) is 0 Å². The maximum atomic E-state index is 13.8. The number of fused-ring (bicyclic) bond motifs is 1. The van der Waals surface area contributed by atoms with Crippen LogP contribution in [0.4, 0.5) is 17.6 Å². The second-order valence-corrected chi connectivity index (χ2v) is 5.14. The third-order valence-corrected chi connectivity index (χ3v) is 3.52. The maximum Gasteiger partial charge on any atom is 0.343 e. The molecule has 0 N–H and O–H groups in total. The Balaban J connectivity index is 1.94. The number of hydrogen-bond donors (Lipinski definition) is 0.